The van der Waals surface area contributed by atoms with Gasteiger partial charge in [0.15, 0.2) is 0 Å². The first-order valence-corrected chi connectivity index (χ1v) is 6.51. The van der Waals surface area contributed by atoms with Crippen molar-refractivity contribution < 1.29 is 0 Å². The van der Waals surface area contributed by atoms with Crippen molar-refractivity contribution in [1.82, 2.24) is 20.1 Å². The van der Waals surface area contributed by atoms with Crippen LogP contribution < -0.4 is 5.32 Å². The van der Waals surface area contributed by atoms with Crippen molar-refractivity contribution in [2.75, 3.05) is 6.54 Å². The fraction of sp³-hybridized carbons (Fsp3) is 0.429. The zero-order valence-corrected chi connectivity index (χ0v) is 10.6. The Labute approximate surface area is 107 Å². The van der Waals surface area contributed by atoms with E-state index in [1.807, 2.05) is 0 Å². The topological polar surface area (TPSA) is 42.7 Å². The first kappa shape index (κ1) is 11.4. The number of hydrogen-bond donors (Lipinski definition) is 1. The summed E-state index contributed by atoms with van der Waals surface area (Å²) in [5.74, 6) is 0.918. The van der Waals surface area contributed by atoms with Crippen molar-refractivity contribution in [1.29, 1.82) is 0 Å². The molecule has 4 nitrogen and oxygen atoms in total. The minimum absolute atomic E-state index is 0.412. The van der Waals surface area contributed by atoms with Crippen LogP contribution in [0.3, 0.4) is 0 Å². The van der Waals surface area contributed by atoms with Gasteiger partial charge < -0.3 is 5.32 Å². The predicted molar refractivity (Wildman–Crippen MR) is 70.5 cm³/mol. The van der Waals surface area contributed by atoms with Crippen LogP contribution >= 0.6 is 0 Å². The SMILES string of the molecule is C[C@H](NCC1CC1)c1ccc(-n2cncn2)cc1. The molecule has 0 bridgehead atoms. The Bertz CT molecular complexity index is 485. The highest BCUT2D eigenvalue weighted by Gasteiger charge is 2.21. The molecule has 1 atom stereocenters. The summed E-state index contributed by atoms with van der Waals surface area (Å²) in [6.07, 6.45) is 6.05. The van der Waals surface area contributed by atoms with Gasteiger partial charge in [0.05, 0.1) is 5.69 Å². The Morgan fingerprint density at radius 3 is 2.72 bits per heavy atom. The summed E-state index contributed by atoms with van der Waals surface area (Å²) < 4.78 is 1.77. The Morgan fingerprint density at radius 2 is 2.11 bits per heavy atom. The molecule has 1 heterocycles. The van der Waals surface area contributed by atoms with Crippen LogP contribution in [0.15, 0.2) is 36.9 Å². The number of aromatic nitrogens is 3. The molecule has 1 aromatic heterocycles. The van der Waals surface area contributed by atoms with Crippen LogP contribution in [0.2, 0.25) is 0 Å². The zero-order valence-electron chi connectivity index (χ0n) is 10.6. The third kappa shape index (κ3) is 2.59. The largest absolute Gasteiger partial charge is 0.310 e. The minimum atomic E-state index is 0.412. The van der Waals surface area contributed by atoms with E-state index in [1.54, 1.807) is 17.3 Å². The molecule has 2 aromatic rings. The van der Waals surface area contributed by atoms with E-state index in [9.17, 15) is 0 Å². The van der Waals surface area contributed by atoms with Gasteiger partial charge in [-0.15, -0.1) is 0 Å². The highest BCUT2D eigenvalue weighted by atomic mass is 15.3. The number of rotatable bonds is 5. The Kier molecular flexibility index (Phi) is 3.11. The molecule has 0 saturated heterocycles. The molecule has 1 fully saturated rings. The molecule has 1 N–H and O–H groups in total. The number of nitrogens with one attached hydrogen (secondary N) is 1. The van der Waals surface area contributed by atoms with Crippen molar-refractivity contribution in [2.24, 2.45) is 5.92 Å². The van der Waals surface area contributed by atoms with E-state index >= 15 is 0 Å². The molecule has 0 aliphatic heterocycles. The lowest BCUT2D eigenvalue weighted by molar-refractivity contribution is 0.549. The summed E-state index contributed by atoms with van der Waals surface area (Å²) in [6.45, 7) is 3.36. The summed E-state index contributed by atoms with van der Waals surface area (Å²) in [5, 5.41) is 7.70. The molecule has 1 aromatic carbocycles. The third-order valence-electron chi connectivity index (χ3n) is 3.49. The monoisotopic (exact) mass is 242 g/mol. The van der Waals surface area contributed by atoms with E-state index in [-0.39, 0.29) is 0 Å². The van der Waals surface area contributed by atoms with Crippen LogP contribution in [0.4, 0.5) is 0 Å². The van der Waals surface area contributed by atoms with Crippen LogP contribution in [0.1, 0.15) is 31.4 Å². The smallest absolute Gasteiger partial charge is 0.138 e. The van der Waals surface area contributed by atoms with Gasteiger partial charge in [0.1, 0.15) is 12.7 Å². The van der Waals surface area contributed by atoms with Gasteiger partial charge in [-0.3, -0.25) is 0 Å². The van der Waals surface area contributed by atoms with E-state index in [4.69, 9.17) is 0 Å². The van der Waals surface area contributed by atoms with Gasteiger partial charge in [-0.1, -0.05) is 12.1 Å². The molecule has 0 spiro atoms. The molecule has 0 radical (unpaired) electrons. The van der Waals surface area contributed by atoms with Crippen molar-refractivity contribution >= 4 is 0 Å². The summed E-state index contributed by atoms with van der Waals surface area (Å²) in [4.78, 5) is 3.95. The highest BCUT2D eigenvalue weighted by molar-refractivity contribution is 5.34. The van der Waals surface area contributed by atoms with Crippen molar-refractivity contribution in [3.8, 4) is 5.69 Å². The van der Waals surface area contributed by atoms with E-state index in [1.165, 1.54) is 18.4 Å². The Balaban J connectivity index is 1.66. The highest BCUT2D eigenvalue weighted by Crippen LogP contribution is 2.28. The van der Waals surface area contributed by atoms with Gasteiger partial charge in [-0.05, 0) is 49.9 Å². The molecule has 1 aliphatic rings. The van der Waals surface area contributed by atoms with Crippen LogP contribution in [0, 0.1) is 5.92 Å². The van der Waals surface area contributed by atoms with E-state index in [0.29, 0.717) is 6.04 Å². The molecule has 1 saturated carbocycles. The second-order valence-electron chi connectivity index (χ2n) is 5.00. The van der Waals surface area contributed by atoms with Gasteiger partial charge in [0.2, 0.25) is 0 Å². The summed E-state index contributed by atoms with van der Waals surface area (Å²) in [7, 11) is 0. The fourth-order valence-electron chi connectivity index (χ4n) is 2.04. The van der Waals surface area contributed by atoms with Gasteiger partial charge in [0, 0.05) is 6.04 Å². The lowest BCUT2D eigenvalue weighted by atomic mass is 10.1. The summed E-state index contributed by atoms with van der Waals surface area (Å²) >= 11 is 0. The zero-order chi connectivity index (χ0) is 12.4. The quantitative estimate of drug-likeness (QED) is 0.875. The lowest BCUT2D eigenvalue weighted by Gasteiger charge is -2.14. The van der Waals surface area contributed by atoms with Crippen LogP contribution in [0.5, 0.6) is 0 Å². The minimum Gasteiger partial charge on any atom is -0.310 e. The second kappa shape index (κ2) is 4.90. The van der Waals surface area contributed by atoms with Crippen molar-refractivity contribution in [2.45, 2.75) is 25.8 Å². The lowest BCUT2D eigenvalue weighted by Crippen LogP contribution is -2.21. The molecular weight excluding hydrogens is 224 g/mol. The van der Waals surface area contributed by atoms with E-state index < -0.39 is 0 Å². The fourth-order valence-corrected chi connectivity index (χ4v) is 2.04. The molecular formula is C14H18N4. The van der Waals surface area contributed by atoms with Crippen LogP contribution in [0.25, 0.3) is 5.69 Å². The molecule has 18 heavy (non-hydrogen) atoms. The van der Waals surface area contributed by atoms with Crippen LogP contribution in [-0.4, -0.2) is 21.3 Å². The van der Waals surface area contributed by atoms with Gasteiger partial charge >= 0.3 is 0 Å². The number of hydrogen-bond acceptors (Lipinski definition) is 3. The standard InChI is InChI=1S/C14H18N4/c1-11(16-8-12-2-3-12)13-4-6-14(7-5-13)18-10-15-9-17-18/h4-7,9-12,16H,2-3,8H2,1H3/t11-/m0/s1. The number of benzene rings is 1. The summed E-state index contributed by atoms with van der Waals surface area (Å²) in [6, 6.07) is 8.89. The van der Waals surface area contributed by atoms with Crippen molar-refractivity contribution in [3.05, 3.63) is 42.5 Å². The molecule has 94 valence electrons. The van der Waals surface area contributed by atoms with Gasteiger partial charge in [-0.25, -0.2) is 9.67 Å². The first-order valence-electron chi connectivity index (χ1n) is 6.51. The van der Waals surface area contributed by atoms with Crippen molar-refractivity contribution in [3.63, 3.8) is 0 Å². The maximum Gasteiger partial charge on any atom is 0.138 e. The summed E-state index contributed by atoms with van der Waals surface area (Å²) in [5.41, 5.74) is 2.37. The molecule has 3 rings (SSSR count). The Morgan fingerprint density at radius 1 is 1.33 bits per heavy atom. The maximum atomic E-state index is 4.12. The van der Waals surface area contributed by atoms with Gasteiger partial charge in [-0.2, -0.15) is 5.10 Å². The Hall–Kier alpha value is -1.68. The van der Waals surface area contributed by atoms with E-state index in [2.05, 4.69) is 46.6 Å². The molecule has 1 aliphatic carbocycles. The average Bonchev–Trinajstić information content (AvgIpc) is 3.08. The molecule has 4 heteroatoms. The van der Waals surface area contributed by atoms with Crippen LogP contribution in [-0.2, 0) is 0 Å². The molecule has 0 unspecified atom stereocenters. The van der Waals surface area contributed by atoms with Gasteiger partial charge in [0.25, 0.3) is 0 Å². The first-order chi connectivity index (χ1) is 8.83. The molecule has 0 amide bonds. The normalized spacial score (nSPS) is 16.7. The number of nitrogens with zero attached hydrogens (tertiary/aromatic N) is 3. The second-order valence-corrected chi connectivity index (χ2v) is 5.00. The predicted octanol–water partition coefficient (Wildman–Crippen LogP) is 2.33. The van der Waals surface area contributed by atoms with E-state index in [0.717, 1.165) is 18.2 Å². The average molecular weight is 242 g/mol. The maximum absolute atomic E-state index is 4.12. The third-order valence-corrected chi connectivity index (χ3v) is 3.49.